The molecule has 0 aromatic carbocycles. The Morgan fingerprint density at radius 3 is 2.00 bits per heavy atom. The first-order chi connectivity index (χ1) is 4.95. The average Bonchev–Trinajstić information content (AvgIpc) is 1.81. The van der Waals surface area contributed by atoms with Crippen LogP contribution in [0.4, 0.5) is 0 Å². The van der Waals surface area contributed by atoms with Crippen molar-refractivity contribution < 1.29 is 25.2 Å². The number of rotatable bonds is 4. The van der Waals surface area contributed by atoms with E-state index in [4.69, 9.17) is 15.5 Å². The third-order valence-electron chi connectivity index (χ3n) is 1.06. The van der Waals surface area contributed by atoms with Gasteiger partial charge in [-0.25, -0.2) is 9.63 Å². The van der Waals surface area contributed by atoms with Gasteiger partial charge < -0.3 is 5.11 Å². The number of aliphatic carboxylic acids is 1. The van der Waals surface area contributed by atoms with Crippen LogP contribution in [0.3, 0.4) is 0 Å². The Morgan fingerprint density at radius 1 is 1.45 bits per heavy atom. The van der Waals surface area contributed by atoms with E-state index in [0.29, 0.717) is 0 Å². The van der Waals surface area contributed by atoms with E-state index in [-0.39, 0.29) is 5.92 Å². The van der Waals surface area contributed by atoms with Crippen LogP contribution in [0.2, 0.25) is 0 Å². The van der Waals surface area contributed by atoms with Crippen molar-refractivity contribution in [3.8, 4) is 0 Å². The van der Waals surface area contributed by atoms with Crippen LogP contribution in [-0.2, 0) is 9.63 Å². The molecule has 0 fully saturated rings. The van der Waals surface area contributed by atoms with Gasteiger partial charge in [-0.15, -0.1) is 0 Å². The van der Waals surface area contributed by atoms with E-state index in [1.165, 1.54) is 0 Å². The minimum absolute atomic E-state index is 0.339. The molecule has 0 saturated carbocycles. The molecule has 0 rings (SSSR count). The van der Waals surface area contributed by atoms with Crippen molar-refractivity contribution in [3.05, 3.63) is 0 Å². The van der Waals surface area contributed by atoms with Crippen LogP contribution < -0.4 is 0 Å². The minimum Gasteiger partial charge on any atom is -0.479 e. The molecule has 66 valence electrons. The van der Waals surface area contributed by atoms with E-state index in [1.54, 1.807) is 13.8 Å². The summed E-state index contributed by atoms with van der Waals surface area (Å²) in [6.07, 6.45) is -1.25. The van der Waals surface area contributed by atoms with Crippen LogP contribution >= 0.6 is 0 Å². The number of hydrogen-bond acceptors (Lipinski definition) is 5. The van der Waals surface area contributed by atoms with Crippen molar-refractivity contribution in [3.63, 3.8) is 0 Å². The zero-order valence-corrected chi connectivity index (χ0v) is 6.26. The summed E-state index contributed by atoms with van der Waals surface area (Å²) in [5, 5.41) is 24.1. The number of hydrogen-bond donors (Lipinski definition) is 3. The maximum Gasteiger partial charge on any atom is 0.335 e. The second-order valence-electron chi connectivity index (χ2n) is 2.36. The number of nitrogens with zero attached hydrogens (tertiary/aromatic N) is 1. The SMILES string of the molecule is CC(C)[C@H](ON(O)O)C(=O)O. The lowest BCUT2D eigenvalue weighted by molar-refractivity contribution is -0.503. The van der Waals surface area contributed by atoms with Crippen molar-refractivity contribution in [2.24, 2.45) is 5.92 Å². The van der Waals surface area contributed by atoms with Crippen molar-refractivity contribution in [1.29, 1.82) is 0 Å². The molecule has 0 aliphatic rings. The van der Waals surface area contributed by atoms with E-state index in [2.05, 4.69) is 4.84 Å². The summed E-state index contributed by atoms with van der Waals surface area (Å²) in [6.45, 7) is 3.17. The predicted octanol–water partition coefficient (Wildman–Crippen LogP) is 0.108. The monoisotopic (exact) mass is 165 g/mol. The molecule has 0 bridgehead atoms. The molecule has 0 saturated heterocycles. The van der Waals surface area contributed by atoms with Crippen LogP contribution in [0.1, 0.15) is 13.8 Å². The molecule has 11 heavy (non-hydrogen) atoms. The third-order valence-corrected chi connectivity index (χ3v) is 1.06. The molecule has 0 aliphatic carbocycles. The summed E-state index contributed by atoms with van der Waals surface area (Å²) in [7, 11) is 0. The molecule has 3 N–H and O–H groups in total. The maximum atomic E-state index is 10.3. The number of carbonyl (C=O) groups is 1. The van der Waals surface area contributed by atoms with Gasteiger partial charge in [-0.05, 0) is 5.92 Å². The summed E-state index contributed by atoms with van der Waals surface area (Å²) in [5.74, 6) is -1.58. The van der Waals surface area contributed by atoms with Gasteiger partial charge in [-0.3, -0.25) is 10.4 Å². The molecule has 6 nitrogen and oxygen atoms in total. The fourth-order valence-electron chi connectivity index (χ4n) is 0.554. The third kappa shape index (κ3) is 3.89. The summed E-state index contributed by atoms with van der Waals surface area (Å²) in [6, 6.07) is 0. The van der Waals surface area contributed by atoms with Crippen molar-refractivity contribution >= 4 is 5.97 Å². The zero-order chi connectivity index (χ0) is 9.02. The van der Waals surface area contributed by atoms with E-state index < -0.39 is 17.5 Å². The Kier molecular flexibility index (Phi) is 3.98. The van der Waals surface area contributed by atoms with Gasteiger partial charge in [0.25, 0.3) is 0 Å². The van der Waals surface area contributed by atoms with Crippen molar-refractivity contribution in [2.75, 3.05) is 0 Å². The molecule has 1 atom stereocenters. The Hall–Kier alpha value is -0.690. The summed E-state index contributed by atoms with van der Waals surface area (Å²) in [4.78, 5) is 14.4. The van der Waals surface area contributed by atoms with Gasteiger partial charge >= 0.3 is 5.97 Å². The molecule has 0 aromatic rings. The quantitative estimate of drug-likeness (QED) is 0.512. The van der Waals surface area contributed by atoms with Gasteiger partial charge in [-0.2, -0.15) is 0 Å². The van der Waals surface area contributed by atoms with Crippen molar-refractivity contribution in [1.82, 2.24) is 5.39 Å². The Labute approximate surface area is 63.5 Å². The van der Waals surface area contributed by atoms with Crippen LogP contribution in [0.25, 0.3) is 0 Å². The highest BCUT2D eigenvalue weighted by Gasteiger charge is 2.24. The standard InChI is InChI=1S/C5H11NO5/c1-3(2)4(5(7)8)11-6(9)10/h3-4,9-10H,1-2H3,(H,7,8)/t4-/m0/s1. The first kappa shape index (κ1) is 10.3. The number of carboxylic acid groups (broad SMARTS) is 1. The van der Waals surface area contributed by atoms with Gasteiger partial charge in [0, 0.05) is 0 Å². The molecule has 0 aliphatic heterocycles. The highest BCUT2D eigenvalue weighted by atomic mass is 17.1. The molecule has 0 spiro atoms. The largest absolute Gasteiger partial charge is 0.479 e. The molecule has 0 aromatic heterocycles. The zero-order valence-electron chi connectivity index (χ0n) is 6.26. The van der Waals surface area contributed by atoms with Crippen LogP contribution in [0.15, 0.2) is 0 Å². The van der Waals surface area contributed by atoms with Crippen molar-refractivity contribution in [2.45, 2.75) is 20.0 Å². The summed E-state index contributed by atoms with van der Waals surface area (Å²) < 4.78 is 0. The van der Waals surface area contributed by atoms with E-state index in [0.717, 1.165) is 0 Å². The fraction of sp³-hybridized carbons (Fsp3) is 0.800. The van der Waals surface area contributed by atoms with E-state index in [1.807, 2.05) is 0 Å². The normalized spacial score (nSPS) is 14.0. The molecular weight excluding hydrogens is 154 g/mol. The molecule has 0 radical (unpaired) electrons. The van der Waals surface area contributed by atoms with Crippen LogP contribution in [0, 0.1) is 5.92 Å². The second kappa shape index (κ2) is 4.24. The highest BCUT2D eigenvalue weighted by molar-refractivity contribution is 5.72. The maximum absolute atomic E-state index is 10.3. The highest BCUT2D eigenvalue weighted by Crippen LogP contribution is 2.06. The Morgan fingerprint density at radius 2 is 1.91 bits per heavy atom. The predicted molar refractivity (Wildman–Crippen MR) is 32.8 cm³/mol. The first-order valence-electron chi connectivity index (χ1n) is 3.02. The van der Waals surface area contributed by atoms with E-state index in [9.17, 15) is 4.79 Å². The van der Waals surface area contributed by atoms with Gasteiger partial charge in [0.15, 0.2) is 6.10 Å². The lowest BCUT2D eigenvalue weighted by atomic mass is 10.1. The summed E-state index contributed by atoms with van der Waals surface area (Å²) in [5.41, 5.74) is 0. The van der Waals surface area contributed by atoms with E-state index >= 15 is 0 Å². The van der Waals surface area contributed by atoms with Gasteiger partial charge in [0.05, 0.1) is 5.39 Å². The molecule has 0 heterocycles. The lowest BCUT2D eigenvalue weighted by Crippen LogP contribution is -2.34. The molecule has 6 heteroatoms. The number of carboxylic acids is 1. The second-order valence-corrected chi connectivity index (χ2v) is 2.36. The van der Waals surface area contributed by atoms with Gasteiger partial charge in [0.2, 0.25) is 0 Å². The average molecular weight is 165 g/mol. The lowest BCUT2D eigenvalue weighted by Gasteiger charge is -2.17. The Bertz CT molecular complexity index is 135. The fourth-order valence-corrected chi connectivity index (χ4v) is 0.554. The van der Waals surface area contributed by atoms with Gasteiger partial charge in [-0.1, -0.05) is 13.8 Å². The van der Waals surface area contributed by atoms with Gasteiger partial charge in [0.1, 0.15) is 0 Å². The minimum atomic E-state index is -1.25. The first-order valence-corrected chi connectivity index (χ1v) is 3.02. The smallest absolute Gasteiger partial charge is 0.335 e. The molecular formula is C5H11NO5. The Balaban J connectivity index is 4.01. The van der Waals surface area contributed by atoms with Crippen LogP contribution in [-0.4, -0.2) is 33.0 Å². The topological polar surface area (TPSA) is 90.2 Å². The summed E-state index contributed by atoms with van der Waals surface area (Å²) >= 11 is 0. The molecule has 0 amide bonds. The van der Waals surface area contributed by atoms with Crippen LogP contribution in [0.5, 0.6) is 0 Å². The molecule has 0 unspecified atom stereocenters.